The Morgan fingerprint density at radius 3 is 2.29 bits per heavy atom. The highest BCUT2D eigenvalue weighted by Crippen LogP contribution is 2.21. The Morgan fingerprint density at radius 2 is 1.65 bits per heavy atom. The number of aromatic hydroxyl groups is 2. The zero-order valence-electron chi connectivity index (χ0n) is 17.7. The molecule has 0 fully saturated rings. The fraction of sp³-hybridized carbons (Fsp3) is 0.318. The Bertz CT molecular complexity index is 932. The van der Waals surface area contributed by atoms with E-state index in [1.165, 1.54) is 12.1 Å². The Labute approximate surface area is 180 Å². The molecule has 2 rings (SSSR count). The van der Waals surface area contributed by atoms with Crippen LogP contribution in [0.2, 0.25) is 0 Å². The predicted octanol–water partition coefficient (Wildman–Crippen LogP) is 2.88. The molecule has 0 aliphatic carbocycles. The van der Waals surface area contributed by atoms with E-state index >= 15 is 0 Å². The predicted molar refractivity (Wildman–Crippen MR) is 115 cm³/mol. The summed E-state index contributed by atoms with van der Waals surface area (Å²) in [7, 11) is 0. The van der Waals surface area contributed by atoms with Crippen molar-refractivity contribution in [1.29, 1.82) is 0 Å². The SMILES string of the molecule is CC(C)(C)OC(=O)NCCC(=O)NCc1cccc(NC(=O)c2cc(O)cc(O)c2)c1. The molecule has 31 heavy (non-hydrogen) atoms. The molecule has 2 aromatic rings. The van der Waals surface area contributed by atoms with Crippen molar-refractivity contribution in [1.82, 2.24) is 10.6 Å². The van der Waals surface area contributed by atoms with Crippen LogP contribution in [0.4, 0.5) is 10.5 Å². The largest absolute Gasteiger partial charge is 0.508 e. The van der Waals surface area contributed by atoms with Crippen LogP contribution >= 0.6 is 0 Å². The Kier molecular flexibility index (Phi) is 7.84. The average Bonchev–Trinajstić information content (AvgIpc) is 2.64. The smallest absolute Gasteiger partial charge is 0.407 e. The van der Waals surface area contributed by atoms with Gasteiger partial charge in [-0.05, 0) is 50.6 Å². The van der Waals surface area contributed by atoms with Gasteiger partial charge in [-0.25, -0.2) is 4.79 Å². The molecule has 0 saturated heterocycles. The lowest BCUT2D eigenvalue weighted by Crippen LogP contribution is -2.35. The molecule has 0 unspecified atom stereocenters. The van der Waals surface area contributed by atoms with Crippen LogP contribution in [0.1, 0.15) is 43.1 Å². The minimum Gasteiger partial charge on any atom is -0.508 e. The molecule has 9 heteroatoms. The second-order valence-corrected chi connectivity index (χ2v) is 7.85. The van der Waals surface area contributed by atoms with Gasteiger partial charge in [0.25, 0.3) is 5.91 Å². The zero-order chi connectivity index (χ0) is 23.0. The minimum absolute atomic E-state index is 0.0939. The number of rotatable bonds is 7. The molecular formula is C22H27N3O6. The van der Waals surface area contributed by atoms with E-state index in [2.05, 4.69) is 16.0 Å². The molecule has 0 aliphatic rings. The number of anilines is 1. The molecule has 5 N–H and O–H groups in total. The van der Waals surface area contributed by atoms with Gasteiger partial charge in [-0.3, -0.25) is 9.59 Å². The van der Waals surface area contributed by atoms with Crippen molar-refractivity contribution in [2.75, 3.05) is 11.9 Å². The molecule has 0 saturated carbocycles. The molecule has 9 nitrogen and oxygen atoms in total. The molecule has 3 amide bonds. The molecule has 0 atom stereocenters. The number of alkyl carbamates (subject to hydrolysis) is 1. The molecule has 2 aromatic carbocycles. The maximum Gasteiger partial charge on any atom is 0.407 e. The van der Waals surface area contributed by atoms with Gasteiger partial charge in [0.2, 0.25) is 5.91 Å². The van der Waals surface area contributed by atoms with Crippen molar-refractivity contribution < 1.29 is 29.3 Å². The van der Waals surface area contributed by atoms with Gasteiger partial charge in [0, 0.05) is 36.8 Å². The molecule has 0 aromatic heterocycles. The van der Waals surface area contributed by atoms with Crippen molar-refractivity contribution in [2.24, 2.45) is 0 Å². The van der Waals surface area contributed by atoms with Crippen LogP contribution in [0, 0.1) is 0 Å². The summed E-state index contributed by atoms with van der Waals surface area (Å²) < 4.78 is 5.09. The van der Waals surface area contributed by atoms with E-state index in [9.17, 15) is 24.6 Å². The van der Waals surface area contributed by atoms with Crippen LogP contribution in [-0.2, 0) is 16.1 Å². The summed E-state index contributed by atoms with van der Waals surface area (Å²) in [5, 5.41) is 26.9. The molecule has 0 radical (unpaired) electrons. The first-order valence-electron chi connectivity index (χ1n) is 9.69. The summed E-state index contributed by atoms with van der Waals surface area (Å²) in [4.78, 5) is 35.8. The highest BCUT2D eigenvalue weighted by Gasteiger charge is 2.16. The van der Waals surface area contributed by atoms with E-state index in [-0.39, 0.29) is 42.5 Å². The van der Waals surface area contributed by atoms with E-state index in [1.54, 1.807) is 45.0 Å². The van der Waals surface area contributed by atoms with Crippen molar-refractivity contribution in [3.05, 3.63) is 53.6 Å². The van der Waals surface area contributed by atoms with Crippen LogP contribution in [-0.4, -0.2) is 40.3 Å². The highest BCUT2D eigenvalue weighted by molar-refractivity contribution is 6.04. The monoisotopic (exact) mass is 429 g/mol. The molecule has 0 heterocycles. The van der Waals surface area contributed by atoms with E-state index in [1.807, 2.05) is 0 Å². The molecule has 0 spiro atoms. The standard InChI is InChI=1S/C22H27N3O6/c1-22(2,3)31-21(30)23-8-7-19(28)24-13-14-5-4-6-16(9-14)25-20(29)15-10-17(26)12-18(27)11-15/h4-6,9-12,26-27H,7-8,13H2,1-3H3,(H,23,30)(H,24,28)(H,25,29). The summed E-state index contributed by atoms with van der Waals surface area (Å²) in [6, 6.07) is 10.5. The minimum atomic E-state index is -0.603. The summed E-state index contributed by atoms with van der Waals surface area (Å²) in [6.45, 7) is 5.64. The third-order valence-electron chi connectivity index (χ3n) is 3.86. The topological polar surface area (TPSA) is 137 Å². The van der Waals surface area contributed by atoms with Gasteiger partial charge in [0.15, 0.2) is 0 Å². The van der Waals surface area contributed by atoms with Crippen molar-refractivity contribution in [3.63, 3.8) is 0 Å². The Balaban J connectivity index is 1.82. The summed E-state index contributed by atoms with van der Waals surface area (Å²) >= 11 is 0. The van der Waals surface area contributed by atoms with Crippen LogP contribution in [0.15, 0.2) is 42.5 Å². The average molecular weight is 429 g/mol. The number of phenols is 2. The number of nitrogens with one attached hydrogen (secondary N) is 3. The number of benzene rings is 2. The summed E-state index contributed by atoms with van der Waals surface area (Å²) in [5.74, 6) is -1.19. The molecule has 0 bridgehead atoms. The van der Waals surface area contributed by atoms with Crippen LogP contribution < -0.4 is 16.0 Å². The Morgan fingerprint density at radius 1 is 0.968 bits per heavy atom. The number of hydrogen-bond donors (Lipinski definition) is 5. The van der Waals surface area contributed by atoms with Crippen molar-refractivity contribution >= 4 is 23.6 Å². The van der Waals surface area contributed by atoms with E-state index < -0.39 is 17.6 Å². The second kappa shape index (κ2) is 10.3. The number of carbonyl (C=O) groups is 3. The lowest BCUT2D eigenvalue weighted by atomic mass is 10.1. The van der Waals surface area contributed by atoms with Crippen molar-refractivity contribution in [3.8, 4) is 11.5 Å². The third kappa shape index (κ3) is 8.65. The first kappa shape index (κ1) is 23.5. The maximum absolute atomic E-state index is 12.3. The fourth-order valence-electron chi connectivity index (χ4n) is 2.57. The van der Waals surface area contributed by atoms with E-state index in [4.69, 9.17) is 4.74 Å². The first-order chi connectivity index (χ1) is 14.5. The van der Waals surface area contributed by atoms with Gasteiger partial charge in [-0.15, -0.1) is 0 Å². The third-order valence-corrected chi connectivity index (χ3v) is 3.86. The van der Waals surface area contributed by atoms with E-state index in [0.717, 1.165) is 11.6 Å². The summed E-state index contributed by atoms with van der Waals surface area (Å²) in [6.07, 6.45) is -0.486. The van der Waals surface area contributed by atoms with Gasteiger partial charge in [-0.1, -0.05) is 12.1 Å². The number of carbonyl (C=O) groups excluding carboxylic acids is 3. The number of hydrogen-bond acceptors (Lipinski definition) is 6. The van der Waals surface area contributed by atoms with Gasteiger partial charge >= 0.3 is 6.09 Å². The molecule has 166 valence electrons. The lowest BCUT2D eigenvalue weighted by Gasteiger charge is -2.19. The number of amides is 3. The quantitative estimate of drug-likeness (QED) is 0.459. The maximum atomic E-state index is 12.3. The van der Waals surface area contributed by atoms with Gasteiger partial charge in [0.1, 0.15) is 17.1 Å². The fourth-order valence-corrected chi connectivity index (χ4v) is 2.57. The van der Waals surface area contributed by atoms with Gasteiger partial charge in [0.05, 0.1) is 0 Å². The number of phenolic OH excluding ortho intramolecular Hbond substituents is 2. The molecular weight excluding hydrogens is 402 g/mol. The summed E-state index contributed by atoms with van der Waals surface area (Å²) in [5.41, 5.74) is 0.749. The highest BCUT2D eigenvalue weighted by atomic mass is 16.6. The van der Waals surface area contributed by atoms with Gasteiger partial charge in [-0.2, -0.15) is 0 Å². The number of ether oxygens (including phenoxy) is 1. The normalized spacial score (nSPS) is 10.8. The lowest BCUT2D eigenvalue weighted by molar-refractivity contribution is -0.121. The van der Waals surface area contributed by atoms with Crippen LogP contribution in [0.3, 0.4) is 0 Å². The van der Waals surface area contributed by atoms with Gasteiger partial charge < -0.3 is 30.9 Å². The Hall–Kier alpha value is -3.75. The first-order valence-corrected chi connectivity index (χ1v) is 9.69. The van der Waals surface area contributed by atoms with E-state index in [0.29, 0.717) is 5.69 Å². The van der Waals surface area contributed by atoms with Crippen LogP contribution in [0.25, 0.3) is 0 Å². The van der Waals surface area contributed by atoms with Crippen molar-refractivity contribution in [2.45, 2.75) is 39.3 Å². The zero-order valence-corrected chi connectivity index (χ0v) is 17.7. The second-order valence-electron chi connectivity index (χ2n) is 7.85. The molecule has 0 aliphatic heterocycles. The van der Waals surface area contributed by atoms with Crippen LogP contribution in [0.5, 0.6) is 11.5 Å².